The standard InChI is InChI=1S/C26H28F6N2O4/c1-5-16-7-8-21-20(12-16)22(9-15(3)34(21)24(36)38-6-2)33(23(35)37-4)14-17-10-18(25(27,28)29)13-19(11-17)26(30,31)32/h7-8,10-13,15,22H,5-6,9,14H2,1-4H3. The number of amides is 2. The molecular weight excluding hydrogens is 518 g/mol. The fourth-order valence-electron chi connectivity index (χ4n) is 4.60. The Balaban J connectivity index is 2.15. The Morgan fingerprint density at radius 2 is 1.58 bits per heavy atom. The van der Waals surface area contributed by atoms with Crippen molar-refractivity contribution in [3.8, 4) is 0 Å². The van der Waals surface area contributed by atoms with Crippen molar-refractivity contribution in [1.29, 1.82) is 0 Å². The van der Waals surface area contributed by atoms with Crippen LogP contribution in [0, 0.1) is 0 Å². The van der Waals surface area contributed by atoms with Gasteiger partial charge in [0.05, 0.1) is 36.6 Å². The summed E-state index contributed by atoms with van der Waals surface area (Å²) in [6.45, 7) is 4.79. The third-order valence-electron chi connectivity index (χ3n) is 6.37. The van der Waals surface area contributed by atoms with Crippen LogP contribution in [0.15, 0.2) is 36.4 Å². The van der Waals surface area contributed by atoms with Gasteiger partial charge < -0.3 is 9.47 Å². The van der Waals surface area contributed by atoms with Gasteiger partial charge in [-0.05, 0) is 67.6 Å². The number of ether oxygens (including phenoxy) is 2. The molecule has 3 rings (SSSR count). The minimum Gasteiger partial charge on any atom is -0.453 e. The first-order valence-corrected chi connectivity index (χ1v) is 11.9. The van der Waals surface area contributed by atoms with E-state index in [0.717, 1.165) is 17.6 Å². The van der Waals surface area contributed by atoms with E-state index in [0.29, 0.717) is 29.8 Å². The Morgan fingerprint density at radius 3 is 2.08 bits per heavy atom. The van der Waals surface area contributed by atoms with Gasteiger partial charge in [-0.15, -0.1) is 0 Å². The Kier molecular flexibility index (Phi) is 8.52. The van der Waals surface area contributed by atoms with Crippen LogP contribution in [0.25, 0.3) is 0 Å². The number of benzene rings is 2. The molecule has 2 amide bonds. The zero-order valence-corrected chi connectivity index (χ0v) is 21.2. The molecule has 0 saturated heterocycles. The number of alkyl halides is 6. The van der Waals surface area contributed by atoms with Crippen molar-refractivity contribution >= 4 is 17.9 Å². The third kappa shape index (κ3) is 6.16. The predicted octanol–water partition coefficient (Wildman–Crippen LogP) is 7.35. The van der Waals surface area contributed by atoms with Gasteiger partial charge in [0.2, 0.25) is 0 Å². The summed E-state index contributed by atoms with van der Waals surface area (Å²) in [5, 5.41) is 0. The number of anilines is 1. The van der Waals surface area contributed by atoms with Crippen molar-refractivity contribution in [2.45, 2.75) is 64.6 Å². The zero-order valence-electron chi connectivity index (χ0n) is 21.2. The van der Waals surface area contributed by atoms with Crippen molar-refractivity contribution < 1.29 is 45.4 Å². The van der Waals surface area contributed by atoms with E-state index in [9.17, 15) is 35.9 Å². The second-order valence-electron chi connectivity index (χ2n) is 8.93. The van der Waals surface area contributed by atoms with Gasteiger partial charge in [0.15, 0.2) is 0 Å². The van der Waals surface area contributed by atoms with Crippen LogP contribution in [0.5, 0.6) is 0 Å². The highest BCUT2D eigenvalue weighted by molar-refractivity contribution is 5.90. The third-order valence-corrected chi connectivity index (χ3v) is 6.37. The fraction of sp³-hybridized carbons (Fsp3) is 0.462. The molecule has 208 valence electrons. The Hall–Kier alpha value is -3.44. The molecule has 2 unspecified atom stereocenters. The maximum Gasteiger partial charge on any atom is 0.416 e. The molecule has 1 aliphatic rings. The molecule has 1 heterocycles. The van der Waals surface area contributed by atoms with Gasteiger partial charge in [0.25, 0.3) is 0 Å². The maximum atomic E-state index is 13.4. The van der Waals surface area contributed by atoms with Crippen LogP contribution in [-0.2, 0) is 34.8 Å². The summed E-state index contributed by atoms with van der Waals surface area (Å²) < 4.78 is 90.7. The van der Waals surface area contributed by atoms with E-state index >= 15 is 0 Å². The molecule has 12 heteroatoms. The molecule has 2 atom stereocenters. The molecule has 0 N–H and O–H groups in total. The molecular formula is C26H28F6N2O4. The van der Waals surface area contributed by atoms with Gasteiger partial charge in [0.1, 0.15) is 0 Å². The quantitative estimate of drug-likeness (QED) is 0.368. The molecule has 0 saturated carbocycles. The summed E-state index contributed by atoms with van der Waals surface area (Å²) in [6, 6.07) is 5.14. The number of halogens is 6. The smallest absolute Gasteiger partial charge is 0.416 e. The largest absolute Gasteiger partial charge is 0.453 e. The fourth-order valence-corrected chi connectivity index (χ4v) is 4.60. The van der Waals surface area contributed by atoms with E-state index in [1.54, 1.807) is 32.0 Å². The van der Waals surface area contributed by atoms with Gasteiger partial charge in [-0.2, -0.15) is 26.3 Å². The van der Waals surface area contributed by atoms with Crippen LogP contribution in [0.3, 0.4) is 0 Å². The van der Waals surface area contributed by atoms with Crippen molar-refractivity contribution in [3.63, 3.8) is 0 Å². The van der Waals surface area contributed by atoms with Gasteiger partial charge in [-0.1, -0.05) is 19.1 Å². The van der Waals surface area contributed by atoms with Gasteiger partial charge >= 0.3 is 24.5 Å². The number of carbonyl (C=O) groups is 2. The number of rotatable bonds is 5. The maximum absolute atomic E-state index is 13.4. The average Bonchev–Trinajstić information content (AvgIpc) is 2.85. The Labute approximate surface area is 216 Å². The number of aryl methyl sites for hydroxylation is 1. The van der Waals surface area contributed by atoms with Gasteiger partial charge in [-0.25, -0.2) is 9.59 Å². The second-order valence-corrected chi connectivity index (χ2v) is 8.93. The van der Waals surface area contributed by atoms with Crippen molar-refractivity contribution in [2.75, 3.05) is 18.6 Å². The van der Waals surface area contributed by atoms with E-state index in [1.165, 1.54) is 4.90 Å². The van der Waals surface area contributed by atoms with E-state index in [-0.39, 0.29) is 24.7 Å². The van der Waals surface area contributed by atoms with Crippen LogP contribution in [-0.4, -0.2) is 36.8 Å². The number of carbonyl (C=O) groups excluding carboxylic acids is 2. The predicted molar refractivity (Wildman–Crippen MR) is 127 cm³/mol. The lowest BCUT2D eigenvalue weighted by Crippen LogP contribution is -2.47. The van der Waals surface area contributed by atoms with Crippen molar-refractivity contribution in [1.82, 2.24) is 4.90 Å². The normalized spacial score (nSPS) is 17.6. The molecule has 38 heavy (non-hydrogen) atoms. The van der Waals surface area contributed by atoms with E-state index in [2.05, 4.69) is 0 Å². The molecule has 1 aliphatic heterocycles. The molecule has 0 radical (unpaired) electrons. The highest BCUT2D eigenvalue weighted by Gasteiger charge is 2.41. The monoisotopic (exact) mass is 546 g/mol. The Morgan fingerprint density at radius 1 is 0.974 bits per heavy atom. The van der Waals surface area contributed by atoms with Gasteiger partial charge in [0, 0.05) is 12.6 Å². The first-order valence-electron chi connectivity index (χ1n) is 11.9. The lowest BCUT2D eigenvalue weighted by Gasteiger charge is -2.42. The highest BCUT2D eigenvalue weighted by Crippen LogP contribution is 2.43. The number of fused-ring (bicyclic) bond motifs is 1. The molecule has 0 spiro atoms. The lowest BCUT2D eigenvalue weighted by molar-refractivity contribution is -0.143. The van der Waals surface area contributed by atoms with Crippen molar-refractivity contribution in [2.24, 2.45) is 0 Å². The van der Waals surface area contributed by atoms with Crippen molar-refractivity contribution in [3.05, 3.63) is 64.2 Å². The SMILES string of the molecule is CCOC(=O)N1c2ccc(CC)cc2C(N(Cc2cc(C(F)(F)F)cc(C(F)(F)F)c2)C(=O)OC)CC1C. The number of hydrogen-bond acceptors (Lipinski definition) is 4. The van der Waals surface area contributed by atoms with E-state index < -0.39 is 54.3 Å². The number of hydrogen-bond donors (Lipinski definition) is 0. The summed E-state index contributed by atoms with van der Waals surface area (Å²) in [4.78, 5) is 28.2. The van der Waals surface area contributed by atoms with Crippen LogP contribution < -0.4 is 4.90 Å². The minimum atomic E-state index is -5.03. The molecule has 0 aliphatic carbocycles. The topological polar surface area (TPSA) is 59.1 Å². The average molecular weight is 547 g/mol. The second kappa shape index (κ2) is 11.1. The molecule has 0 bridgehead atoms. The summed E-state index contributed by atoms with van der Waals surface area (Å²) in [6.07, 6.45) is -10.9. The molecule has 0 aromatic heterocycles. The molecule has 6 nitrogen and oxygen atoms in total. The first kappa shape index (κ1) is 29.1. The Bertz CT molecular complexity index is 1150. The molecule has 2 aromatic rings. The van der Waals surface area contributed by atoms with Crippen LogP contribution in [0.1, 0.15) is 61.1 Å². The van der Waals surface area contributed by atoms with E-state index in [1.807, 2.05) is 6.92 Å². The summed E-state index contributed by atoms with van der Waals surface area (Å²) in [5.74, 6) is 0. The highest BCUT2D eigenvalue weighted by atomic mass is 19.4. The summed E-state index contributed by atoms with van der Waals surface area (Å²) in [5.41, 5.74) is -1.54. The number of nitrogens with zero attached hydrogens (tertiary/aromatic N) is 2. The summed E-state index contributed by atoms with van der Waals surface area (Å²) in [7, 11) is 1.07. The van der Waals surface area contributed by atoms with E-state index in [4.69, 9.17) is 9.47 Å². The lowest BCUT2D eigenvalue weighted by atomic mass is 9.89. The summed E-state index contributed by atoms with van der Waals surface area (Å²) >= 11 is 0. The zero-order chi connectivity index (χ0) is 28.4. The molecule has 0 fully saturated rings. The van der Waals surface area contributed by atoms with Gasteiger partial charge in [-0.3, -0.25) is 9.80 Å². The number of methoxy groups -OCH3 is 1. The first-order chi connectivity index (χ1) is 17.7. The van der Waals surface area contributed by atoms with Crippen LogP contribution in [0.4, 0.5) is 41.6 Å². The van der Waals surface area contributed by atoms with Crippen LogP contribution >= 0.6 is 0 Å². The minimum absolute atomic E-state index is 0.0364. The molecule has 2 aromatic carbocycles. The van der Waals surface area contributed by atoms with Crippen LogP contribution in [0.2, 0.25) is 0 Å².